The Hall–Kier alpha value is -4.05. The Morgan fingerprint density at radius 1 is 0.943 bits per heavy atom. The number of carbonyl (C=O) groups excluding carboxylic acids is 1. The van der Waals surface area contributed by atoms with Gasteiger partial charge in [-0.3, -0.25) is 9.10 Å². The van der Waals surface area contributed by atoms with Gasteiger partial charge in [0.05, 0.1) is 38.1 Å². The minimum Gasteiger partial charge on any atom is -0.493 e. The summed E-state index contributed by atoms with van der Waals surface area (Å²) in [4.78, 5) is 12.8. The first-order valence-electron chi connectivity index (χ1n) is 10.6. The highest BCUT2D eigenvalue weighted by Crippen LogP contribution is 2.37. The summed E-state index contributed by atoms with van der Waals surface area (Å²) < 4.78 is 43.6. The molecule has 0 unspecified atom stereocenters. The largest absolute Gasteiger partial charge is 0.493 e. The van der Waals surface area contributed by atoms with E-state index in [1.807, 2.05) is 6.92 Å². The first kappa shape index (κ1) is 25.6. The fourth-order valence-corrected chi connectivity index (χ4v) is 4.71. The Morgan fingerprint density at radius 3 is 2.09 bits per heavy atom. The number of hydrogen-bond donors (Lipinski definition) is 1. The lowest BCUT2D eigenvalue weighted by Gasteiger charge is -2.23. The highest BCUT2D eigenvalue weighted by atomic mass is 32.2. The number of rotatable bonds is 10. The van der Waals surface area contributed by atoms with Crippen LogP contribution in [0.5, 0.6) is 17.2 Å². The number of anilines is 1. The average molecular weight is 498 g/mol. The average Bonchev–Trinajstić information content (AvgIpc) is 2.87. The van der Waals surface area contributed by atoms with Gasteiger partial charge >= 0.3 is 0 Å². The number of methoxy groups -OCH3 is 3. The number of sulfonamides is 1. The quantitative estimate of drug-likeness (QED) is 0.340. The molecular weight excluding hydrogens is 470 g/mol. The van der Waals surface area contributed by atoms with Crippen LogP contribution in [0, 0.1) is 6.92 Å². The van der Waals surface area contributed by atoms with Gasteiger partial charge in [-0.15, -0.1) is 0 Å². The Balaban J connectivity index is 1.82. The molecule has 0 atom stereocenters. The lowest BCUT2D eigenvalue weighted by atomic mass is 10.2. The Kier molecular flexibility index (Phi) is 8.32. The maximum Gasteiger partial charge on any atom is 0.264 e. The monoisotopic (exact) mass is 497 g/mol. The Labute approximate surface area is 205 Å². The zero-order valence-corrected chi connectivity index (χ0v) is 20.7. The number of hydrazone groups is 1. The van der Waals surface area contributed by atoms with Crippen LogP contribution in [0.2, 0.25) is 0 Å². The highest BCUT2D eigenvalue weighted by Gasteiger charge is 2.27. The van der Waals surface area contributed by atoms with E-state index < -0.39 is 22.5 Å². The van der Waals surface area contributed by atoms with Crippen molar-refractivity contribution in [3.05, 3.63) is 77.9 Å². The number of aryl methyl sites for hydroxylation is 1. The van der Waals surface area contributed by atoms with Crippen molar-refractivity contribution in [2.24, 2.45) is 5.10 Å². The Morgan fingerprint density at radius 2 is 1.54 bits per heavy atom. The lowest BCUT2D eigenvalue weighted by molar-refractivity contribution is -0.119. The summed E-state index contributed by atoms with van der Waals surface area (Å²) in [6, 6.07) is 18.1. The van der Waals surface area contributed by atoms with Crippen molar-refractivity contribution in [2.75, 3.05) is 32.2 Å². The highest BCUT2D eigenvalue weighted by molar-refractivity contribution is 7.92. The van der Waals surface area contributed by atoms with Crippen molar-refractivity contribution >= 4 is 27.8 Å². The second-order valence-electron chi connectivity index (χ2n) is 7.41. The van der Waals surface area contributed by atoms with Gasteiger partial charge < -0.3 is 14.2 Å². The molecule has 1 N–H and O–H groups in total. The number of amides is 1. The van der Waals surface area contributed by atoms with Crippen molar-refractivity contribution in [1.29, 1.82) is 0 Å². The first-order chi connectivity index (χ1) is 16.8. The van der Waals surface area contributed by atoms with E-state index in [-0.39, 0.29) is 4.90 Å². The molecule has 3 aromatic rings. The van der Waals surface area contributed by atoms with Crippen molar-refractivity contribution in [2.45, 2.75) is 11.8 Å². The van der Waals surface area contributed by atoms with E-state index in [9.17, 15) is 13.2 Å². The first-order valence-corrected chi connectivity index (χ1v) is 12.0. The normalized spacial score (nSPS) is 11.2. The second-order valence-corrected chi connectivity index (χ2v) is 9.27. The maximum atomic E-state index is 13.3. The van der Waals surface area contributed by atoms with Gasteiger partial charge in [-0.25, -0.2) is 13.8 Å². The van der Waals surface area contributed by atoms with Gasteiger partial charge in [0.1, 0.15) is 6.54 Å². The molecule has 0 aliphatic rings. The van der Waals surface area contributed by atoms with E-state index >= 15 is 0 Å². The number of nitrogens with one attached hydrogen (secondary N) is 1. The van der Waals surface area contributed by atoms with Crippen molar-refractivity contribution < 1.29 is 27.4 Å². The number of benzene rings is 3. The summed E-state index contributed by atoms with van der Waals surface area (Å²) >= 11 is 0. The third-order valence-electron chi connectivity index (χ3n) is 5.03. The molecule has 3 aromatic carbocycles. The molecule has 0 saturated heterocycles. The van der Waals surface area contributed by atoms with Crippen molar-refractivity contribution in [3.63, 3.8) is 0 Å². The number of nitrogens with zero attached hydrogens (tertiary/aromatic N) is 2. The lowest BCUT2D eigenvalue weighted by Crippen LogP contribution is -2.39. The molecule has 0 aliphatic carbocycles. The summed E-state index contributed by atoms with van der Waals surface area (Å²) in [5.74, 6) is 0.670. The van der Waals surface area contributed by atoms with Gasteiger partial charge in [0, 0.05) is 5.56 Å². The third-order valence-corrected chi connectivity index (χ3v) is 6.82. The third kappa shape index (κ3) is 6.10. The van der Waals surface area contributed by atoms with E-state index in [0.29, 0.717) is 28.5 Å². The van der Waals surface area contributed by atoms with Crippen LogP contribution in [0.4, 0.5) is 5.69 Å². The van der Waals surface area contributed by atoms with Crippen molar-refractivity contribution in [3.8, 4) is 17.2 Å². The summed E-state index contributed by atoms with van der Waals surface area (Å²) in [5.41, 5.74) is 4.28. The van der Waals surface area contributed by atoms with Crippen LogP contribution in [-0.4, -0.2) is 48.4 Å². The van der Waals surface area contributed by atoms with Gasteiger partial charge in [-0.05, 0) is 43.3 Å². The second kappa shape index (κ2) is 11.4. The minimum atomic E-state index is -3.99. The minimum absolute atomic E-state index is 0.0781. The summed E-state index contributed by atoms with van der Waals surface area (Å²) in [6.07, 6.45) is 1.39. The van der Waals surface area contributed by atoms with E-state index in [2.05, 4.69) is 10.5 Å². The summed E-state index contributed by atoms with van der Waals surface area (Å²) in [6.45, 7) is 1.43. The molecule has 184 valence electrons. The molecule has 1 amide bonds. The predicted octanol–water partition coefficient (Wildman–Crippen LogP) is 3.37. The van der Waals surface area contributed by atoms with Gasteiger partial charge in [-0.1, -0.05) is 35.9 Å². The molecular formula is C25H27N3O6S. The van der Waals surface area contributed by atoms with E-state index in [1.54, 1.807) is 54.6 Å². The summed E-state index contributed by atoms with van der Waals surface area (Å²) in [5, 5.41) is 3.97. The molecule has 0 bridgehead atoms. The van der Waals surface area contributed by atoms with Crippen LogP contribution in [-0.2, 0) is 14.8 Å². The molecule has 0 fully saturated rings. The van der Waals surface area contributed by atoms with Crippen LogP contribution >= 0.6 is 0 Å². The van der Waals surface area contributed by atoms with E-state index in [0.717, 1.165) is 9.87 Å². The Bertz CT molecular complexity index is 1270. The molecule has 0 radical (unpaired) electrons. The van der Waals surface area contributed by atoms with Gasteiger partial charge in [0.25, 0.3) is 15.9 Å². The topological polar surface area (TPSA) is 107 Å². The molecule has 9 nitrogen and oxygen atoms in total. The molecule has 0 aliphatic heterocycles. The molecule has 10 heteroatoms. The standard InChI is InChI=1S/C25H27N3O6S/c1-18-10-12-20(13-11-18)28(35(30,31)21-8-6-5-7-9-21)17-24(29)27-26-16-19-14-22(32-2)25(34-4)23(15-19)33-3/h5-16H,17H2,1-4H3,(H,27,29)/b26-16-. The van der Waals surface area contributed by atoms with Crippen LogP contribution in [0.3, 0.4) is 0 Å². The van der Waals surface area contributed by atoms with E-state index in [4.69, 9.17) is 14.2 Å². The smallest absolute Gasteiger partial charge is 0.264 e. The van der Waals surface area contributed by atoms with Gasteiger partial charge in [0.15, 0.2) is 11.5 Å². The van der Waals surface area contributed by atoms with Crippen LogP contribution in [0.15, 0.2) is 76.7 Å². The molecule has 0 aromatic heterocycles. The zero-order valence-electron chi connectivity index (χ0n) is 19.9. The van der Waals surface area contributed by atoms with E-state index in [1.165, 1.54) is 39.7 Å². The zero-order chi connectivity index (χ0) is 25.4. The summed E-state index contributed by atoms with van der Waals surface area (Å²) in [7, 11) is 0.492. The fourth-order valence-electron chi connectivity index (χ4n) is 3.27. The molecule has 0 saturated carbocycles. The van der Waals surface area contributed by atoms with Crippen LogP contribution in [0.1, 0.15) is 11.1 Å². The number of hydrogen-bond acceptors (Lipinski definition) is 7. The van der Waals surface area contributed by atoms with Crippen molar-refractivity contribution in [1.82, 2.24) is 5.43 Å². The molecule has 0 spiro atoms. The number of ether oxygens (including phenoxy) is 3. The molecule has 35 heavy (non-hydrogen) atoms. The molecule has 3 rings (SSSR count). The number of carbonyl (C=O) groups is 1. The van der Waals surface area contributed by atoms with Gasteiger partial charge in [0.2, 0.25) is 5.75 Å². The maximum absolute atomic E-state index is 13.3. The molecule has 0 heterocycles. The SMILES string of the molecule is COc1cc(/C=N\NC(=O)CN(c2ccc(C)cc2)S(=O)(=O)c2ccccc2)cc(OC)c1OC. The fraction of sp³-hybridized carbons (Fsp3) is 0.200. The van der Waals surface area contributed by atoms with Gasteiger partial charge in [-0.2, -0.15) is 5.10 Å². The van der Waals surface area contributed by atoms with Crippen LogP contribution < -0.4 is 23.9 Å². The predicted molar refractivity (Wildman–Crippen MR) is 134 cm³/mol. The van der Waals surface area contributed by atoms with Crippen LogP contribution in [0.25, 0.3) is 0 Å².